The maximum absolute atomic E-state index is 14.7. The maximum atomic E-state index is 14.7. The molecular formula is C25H23ClFN5O4. The molecule has 6 rings (SSSR count). The molecule has 5 heterocycles. The van der Waals surface area contributed by atoms with Crippen molar-refractivity contribution in [1.82, 2.24) is 14.4 Å². The monoisotopic (exact) mass is 511 g/mol. The third-order valence-corrected chi connectivity index (χ3v) is 7.60. The number of carboxylic acid groups (broad SMARTS) is 1. The van der Waals surface area contributed by atoms with Crippen LogP contribution in [-0.2, 0) is 10.2 Å². The lowest BCUT2D eigenvalue weighted by molar-refractivity contribution is -0.124. The molecule has 2 N–H and O–H groups in total. The van der Waals surface area contributed by atoms with Gasteiger partial charge in [0.2, 0.25) is 0 Å². The van der Waals surface area contributed by atoms with Gasteiger partial charge in [-0.05, 0) is 57.7 Å². The van der Waals surface area contributed by atoms with Crippen LogP contribution in [0, 0.1) is 24.1 Å². The van der Waals surface area contributed by atoms with Crippen molar-refractivity contribution in [3.8, 4) is 6.07 Å². The maximum Gasteiger partial charge on any atom is 0.356 e. The fourth-order valence-electron chi connectivity index (χ4n) is 5.33. The Balaban J connectivity index is 1.62. The minimum absolute atomic E-state index is 0.0250. The highest BCUT2D eigenvalue weighted by molar-refractivity contribution is 6.29. The Hall–Kier alpha value is -3.55. The zero-order chi connectivity index (χ0) is 25.8. The first kappa shape index (κ1) is 24.2. The Kier molecular flexibility index (Phi) is 5.73. The largest absolute Gasteiger partial charge is 0.476 e. The van der Waals surface area contributed by atoms with Crippen LogP contribution in [0.2, 0.25) is 5.15 Å². The average Bonchev–Trinajstić information content (AvgIpc) is 2.88. The number of ether oxygens (including phenoxy) is 1. The van der Waals surface area contributed by atoms with E-state index >= 15 is 0 Å². The lowest BCUT2D eigenvalue weighted by atomic mass is 9.64. The molecule has 186 valence electrons. The summed E-state index contributed by atoms with van der Waals surface area (Å²) in [5, 5.41) is 22.1. The number of aromatic nitrogens is 3. The van der Waals surface area contributed by atoms with Crippen molar-refractivity contribution >= 4 is 28.9 Å². The predicted octanol–water partition coefficient (Wildman–Crippen LogP) is 4.17. The molecular weight excluding hydrogens is 489 g/mol. The van der Waals surface area contributed by atoms with Crippen molar-refractivity contribution in [2.45, 2.75) is 56.6 Å². The normalized spacial score (nSPS) is 23.9. The van der Waals surface area contributed by atoms with Gasteiger partial charge in [0, 0.05) is 22.7 Å². The van der Waals surface area contributed by atoms with Gasteiger partial charge >= 0.3 is 5.97 Å². The molecule has 2 bridgehead atoms. The minimum atomic E-state index is -1.27. The summed E-state index contributed by atoms with van der Waals surface area (Å²) in [6, 6.07) is 5.85. The van der Waals surface area contributed by atoms with Crippen LogP contribution in [-0.4, -0.2) is 37.7 Å². The van der Waals surface area contributed by atoms with Crippen molar-refractivity contribution in [2.75, 3.05) is 11.9 Å². The zero-order valence-electron chi connectivity index (χ0n) is 19.6. The highest BCUT2D eigenvalue weighted by Crippen LogP contribution is 2.50. The van der Waals surface area contributed by atoms with Crippen molar-refractivity contribution in [1.29, 1.82) is 5.26 Å². The van der Waals surface area contributed by atoms with Crippen LogP contribution < -0.4 is 10.9 Å². The number of nitriles is 1. The molecule has 3 aromatic heterocycles. The smallest absolute Gasteiger partial charge is 0.356 e. The number of fused-ring (bicyclic) bond motifs is 4. The predicted molar refractivity (Wildman–Crippen MR) is 129 cm³/mol. The van der Waals surface area contributed by atoms with Gasteiger partial charge in [0.15, 0.2) is 11.3 Å². The number of hydrogen-bond acceptors (Lipinski definition) is 7. The van der Waals surface area contributed by atoms with Gasteiger partial charge in [-0.15, -0.1) is 0 Å². The molecule has 1 saturated carbocycles. The van der Waals surface area contributed by atoms with Crippen molar-refractivity contribution in [3.05, 3.63) is 68.2 Å². The number of pyridine rings is 2. The molecule has 1 atom stereocenters. The molecule has 36 heavy (non-hydrogen) atoms. The first-order chi connectivity index (χ1) is 17.1. The Morgan fingerprint density at radius 3 is 2.67 bits per heavy atom. The number of aromatic carboxylic acids is 1. The van der Waals surface area contributed by atoms with Gasteiger partial charge in [-0.25, -0.2) is 19.2 Å². The van der Waals surface area contributed by atoms with Gasteiger partial charge in [0.05, 0.1) is 30.1 Å². The minimum Gasteiger partial charge on any atom is -0.476 e. The Morgan fingerprint density at radius 1 is 1.33 bits per heavy atom. The number of anilines is 1. The standard InChI is InChI=1S/C25H23ClFN5O4/c1-13-20(24-5-7-25(11-28,8-6-24)36-12-24)31-21-16(9-15(27)10-32(21)22(13)33)14(2)29-17-3-4-18(26)30-19(17)23(34)35/h3-4,9-10,14,29H,5-8,12H2,1-2H3,(H,34,35)/t14-,24?,25?/m1/s1. The molecule has 0 unspecified atom stereocenters. The summed E-state index contributed by atoms with van der Waals surface area (Å²) >= 11 is 5.86. The van der Waals surface area contributed by atoms with Crippen LogP contribution in [0.1, 0.15) is 66.0 Å². The topological polar surface area (TPSA) is 130 Å². The molecule has 3 fully saturated rings. The van der Waals surface area contributed by atoms with Gasteiger partial charge in [-0.1, -0.05) is 11.6 Å². The van der Waals surface area contributed by atoms with Gasteiger partial charge in [0.1, 0.15) is 16.6 Å². The third kappa shape index (κ3) is 3.79. The summed E-state index contributed by atoms with van der Waals surface area (Å²) in [4.78, 5) is 33.8. The van der Waals surface area contributed by atoms with E-state index in [-0.39, 0.29) is 34.3 Å². The Labute approximate surface area is 210 Å². The molecule has 2 saturated heterocycles. The van der Waals surface area contributed by atoms with E-state index in [4.69, 9.17) is 21.3 Å². The highest BCUT2D eigenvalue weighted by Gasteiger charge is 2.52. The van der Waals surface area contributed by atoms with E-state index in [0.29, 0.717) is 42.5 Å². The number of carboxylic acids is 1. The van der Waals surface area contributed by atoms with Crippen LogP contribution in [0.15, 0.2) is 29.2 Å². The second kappa shape index (κ2) is 8.54. The molecule has 2 aliphatic heterocycles. The molecule has 0 spiro atoms. The Bertz CT molecular complexity index is 1490. The zero-order valence-corrected chi connectivity index (χ0v) is 20.4. The van der Waals surface area contributed by atoms with Crippen LogP contribution in [0.5, 0.6) is 0 Å². The molecule has 0 aromatic carbocycles. The lowest BCUT2D eigenvalue weighted by Gasteiger charge is -2.50. The van der Waals surface area contributed by atoms with E-state index in [0.717, 1.165) is 6.20 Å². The molecule has 0 radical (unpaired) electrons. The SMILES string of the molecule is Cc1c(C23CCC(C#N)(CC2)OC3)nc2c([C@@H](C)Nc3ccc(Cl)nc3C(=O)O)cc(F)cn2c1=O. The van der Waals surface area contributed by atoms with E-state index in [1.165, 1.54) is 22.6 Å². The lowest BCUT2D eigenvalue weighted by Crippen LogP contribution is -2.53. The summed E-state index contributed by atoms with van der Waals surface area (Å²) in [5.41, 5.74) is -0.118. The molecule has 11 heteroatoms. The van der Waals surface area contributed by atoms with Crippen LogP contribution >= 0.6 is 11.6 Å². The molecule has 3 aromatic rings. The highest BCUT2D eigenvalue weighted by atomic mass is 35.5. The first-order valence-corrected chi connectivity index (χ1v) is 11.9. The fraction of sp³-hybridized carbons (Fsp3) is 0.400. The Morgan fingerprint density at radius 2 is 2.06 bits per heavy atom. The van der Waals surface area contributed by atoms with Crippen LogP contribution in [0.4, 0.5) is 10.1 Å². The first-order valence-electron chi connectivity index (χ1n) is 11.5. The second-order valence-electron chi connectivity index (χ2n) is 9.57. The van der Waals surface area contributed by atoms with Crippen LogP contribution in [0.3, 0.4) is 0 Å². The van der Waals surface area contributed by atoms with Crippen molar-refractivity contribution in [2.24, 2.45) is 0 Å². The number of nitrogens with zero attached hydrogens (tertiary/aromatic N) is 4. The fourth-order valence-corrected chi connectivity index (χ4v) is 5.47. The number of halogens is 2. The second-order valence-corrected chi connectivity index (χ2v) is 9.96. The molecule has 3 aliphatic rings. The van der Waals surface area contributed by atoms with E-state index in [1.54, 1.807) is 13.8 Å². The van der Waals surface area contributed by atoms with Gasteiger partial charge in [-0.2, -0.15) is 5.26 Å². The third-order valence-electron chi connectivity index (χ3n) is 7.39. The van der Waals surface area contributed by atoms with Gasteiger partial charge in [0.25, 0.3) is 5.56 Å². The number of carbonyl (C=O) groups is 1. The summed E-state index contributed by atoms with van der Waals surface area (Å²) < 4.78 is 21.8. The van der Waals surface area contributed by atoms with E-state index in [9.17, 15) is 24.3 Å². The van der Waals surface area contributed by atoms with Crippen molar-refractivity contribution < 1.29 is 19.0 Å². The molecule has 0 amide bonds. The summed E-state index contributed by atoms with van der Waals surface area (Å²) in [6.07, 6.45) is 3.53. The molecule has 9 nitrogen and oxygen atoms in total. The number of rotatable bonds is 5. The van der Waals surface area contributed by atoms with Gasteiger partial charge < -0.3 is 15.2 Å². The van der Waals surface area contributed by atoms with E-state index < -0.39 is 28.8 Å². The number of hydrogen-bond donors (Lipinski definition) is 2. The van der Waals surface area contributed by atoms with E-state index in [1.807, 2.05) is 0 Å². The van der Waals surface area contributed by atoms with Crippen LogP contribution in [0.25, 0.3) is 5.65 Å². The van der Waals surface area contributed by atoms with Crippen molar-refractivity contribution in [3.63, 3.8) is 0 Å². The summed E-state index contributed by atoms with van der Waals surface area (Å²) in [7, 11) is 0. The molecule has 1 aliphatic carbocycles. The van der Waals surface area contributed by atoms with E-state index in [2.05, 4.69) is 16.4 Å². The summed E-state index contributed by atoms with van der Waals surface area (Å²) in [5.74, 6) is -1.91. The number of nitrogens with one attached hydrogen (secondary N) is 1. The summed E-state index contributed by atoms with van der Waals surface area (Å²) in [6.45, 7) is 3.68. The van der Waals surface area contributed by atoms with Gasteiger partial charge in [-0.3, -0.25) is 9.20 Å². The quantitative estimate of drug-likeness (QED) is 0.488. The average molecular weight is 512 g/mol.